The Morgan fingerprint density at radius 2 is 1.94 bits per heavy atom. The first-order valence-corrected chi connectivity index (χ1v) is 6.34. The minimum Gasteiger partial charge on any atom is -0.372 e. The fraction of sp³-hybridized carbons (Fsp3) is 0.667. The maximum atomic E-state index is 4.37. The third-order valence-electron chi connectivity index (χ3n) is 3.07. The van der Waals surface area contributed by atoms with E-state index in [9.17, 15) is 0 Å². The highest BCUT2D eigenvalue weighted by molar-refractivity contribution is 5.40. The molecule has 1 aromatic heterocycles. The molecule has 0 aliphatic carbocycles. The topological polar surface area (TPSA) is 53.1 Å². The molecule has 5 heteroatoms. The van der Waals surface area contributed by atoms with Crippen LogP contribution in [0.2, 0.25) is 0 Å². The van der Waals surface area contributed by atoms with Gasteiger partial charge in [-0.25, -0.2) is 4.98 Å². The summed E-state index contributed by atoms with van der Waals surface area (Å²) in [5, 5.41) is 6.29. The van der Waals surface area contributed by atoms with Crippen LogP contribution in [-0.4, -0.2) is 48.1 Å². The van der Waals surface area contributed by atoms with Crippen LogP contribution in [0.1, 0.15) is 19.3 Å². The number of piperidine rings is 1. The second-order valence-corrected chi connectivity index (χ2v) is 4.37. The van der Waals surface area contributed by atoms with E-state index in [1.807, 2.05) is 7.05 Å². The Labute approximate surface area is 103 Å². The van der Waals surface area contributed by atoms with Crippen LogP contribution in [0.4, 0.5) is 11.6 Å². The molecule has 2 rings (SSSR count). The van der Waals surface area contributed by atoms with Crippen molar-refractivity contribution in [2.75, 3.05) is 43.9 Å². The third-order valence-corrected chi connectivity index (χ3v) is 3.07. The highest BCUT2D eigenvalue weighted by Gasteiger charge is 2.08. The molecule has 5 nitrogen and oxygen atoms in total. The number of anilines is 2. The third kappa shape index (κ3) is 3.85. The summed E-state index contributed by atoms with van der Waals surface area (Å²) in [7, 11) is 1.85. The van der Waals surface area contributed by atoms with Crippen molar-refractivity contribution < 1.29 is 0 Å². The summed E-state index contributed by atoms with van der Waals surface area (Å²) >= 11 is 0. The van der Waals surface area contributed by atoms with Gasteiger partial charge in [-0.15, -0.1) is 0 Å². The fourth-order valence-electron chi connectivity index (χ4n) is 2.10. The van der Waals surface area contributed by atoms with Crippen molar-refractivity contribution >= 4 is 11.6 Å². The van der Waals surface area contributed by atoms with Crippen LogP contribution >= 0.6 is 0 Å². The highest BCUT2D eigenvalue weighted by Crippen LogP contribution is 2.08. The minimum atomic E-state index is 0.799. The van der Waals surface area contributed by atoms with Crippen molar-refractivity contribution in [3.63, 3.8) is 0 Å². The molecule has 1 aromatic rings. The maximum Gasteiger partial charge on any atom is 0.147 e. The van der Waals surface area contributed by atoms with E-state index in [4.69, 9.17) is 0 Å². The molecule has 2 heterocycles. The maximum absolute atomic E-state index is 4.37. The molecule has 2 N–H and O–H groups in total. The lowest BCUT2D eigenvalue weighted by molar-refractivity contribution is 0.237. The minimum absolute atomic E-state index is 0.799. The molecular weight excluding hydrogens is 214 g/mol. The van der Waals surface area contributed by atoms with E-state index in [0.717, 1.165) is 24.7 Å². The Morgan fingerprint density at radius 3 is 2.71 bits per heavy atom. The van der Waals surface area contributed by atoms with Crippen LogP contribution in [0.15, 0.2) is 12.4 Å². The number of rotatable bonds is 5. The molecule has 0 aromatic carbocycles. The average molecular weight is 235 g/mol. The number of likely N-dealkylation sites (tertiary alicyclic amines) is 1. The molecular formula is C12H21N5. The number of aromatic nitrogens is 2. The average Bonchev–Trinajstić information content (AvgIpc) is 2.40. The number of hydrogen-bond donors (Lipinski definition) is 2. The Hall–Kier alpha value is -1.36. The molecule has 0 bridgehead atoms. The van der Waals surface area contributed by atoms with E-state index in [-0.39, 0.29) is 0 Å². The van der Waals surface area contributed by atoms with Crippen molar-refractivity contribution in [3.05, 3.63) is 12.4 Å². The quantitative estimate of drug-likeness (QED) is 0.808. The van der Waals surface area contributed by atoms with Crippen molar-refractivity contribution in [1.82, 2.24) is 14.9 Å². The standard InChI is InChI=1S/C12H21N5/c1-13-11-9-14-10-12(16-11)15-5-8-17-6-3-2-4-7-17/h9-10H,2-8H2,1H3,(H2,13,15,16). The van der Waals surface area contributed by atoms with Gasteiger partial charge in [0.25, 0.3) is 0 Å². The molecule has 1 fully saturated rings. The summed E-state index contributed by atoms with van der Waals surface area (Å²) in [6.45, 7) is 4.50. The van der Waals surface area contributed by atoms with E-state index in [1.54, 1.807) is 12.4 Å². The number of nitrogens with zero attached hydrogens (tertiary/aromatic N) is 3. The lowest BCUT2D eigenvalue weighted by atomic mass is 10.1. The highest BCUT2D eigenvalue weighted by atomic mass is 15.2. The summed E-state index contributed by atoms with van der Waals surface area (Å²) in [5.41, 5.74) is 0. The van der Waals surface area contributed by atoms with Crippen LogP contribution < -0.4 is 10.6 Å². The summed E-state index contributed by atoms with van der Waals surface area (Å²) < 4.78 is 0. The summed E-state index contributed by atoms with van der Waals surface area (Å²) in [5.74, 6) is 1.64. The zero-order valence-corrected chi connectivity index (χ0v) is 10.4. The first kappa shape index (κ1) is 12.1. The van der Waals surface area contributed by atoms with E-state index >= 15 is 0 Å². The van der Waals surface area contributed by atoms with E-state index in [1.165, 1.54) is 32.4 Å². The van der Waals surface area contributed by atoms with Gasteiger partial charge >= 0.3 is 0 Å². The van der Waals surface area contributed by atoms with Gasteiger partial charge in [0.1, 0.15) is 11.6 Å². The van der Waals surface area contributed by atoms with E-state index in [2.05, 4.69) is 25.5 Å². The molecule has 1 aliphatic rings. The Bertz CT molecular complexity index is 335. The van der Waals surface area contributed by atoms with Crippen LogP contribution in [0.5, 0.6) is 0 Å². The van der Waals surface area contributed by atoms with Crippen molar-refractivity contribution in [1.29, 1.82) is 0 Å². The molecule has 1 aliphatic heterocycles. The summed E-state index contributed by atoms with van der Waals surface area (Å²) in [4.78, 5) is 11.0. The Morgan fingerprint density at radius 1 is 1.18 bits per heavy atom. The molecule has 0 unspecified atom stereocenters. The first-order valence-electron chi connectivity index (χ1n) is 6.34. The normalized spacial score (nSPS) is 16.8. The second-order valence-electron chi connectivity index (χ2n) is 4.37. The molecule has 1 saturated heterocycles. The van der Waals surface area contributed by atoms with Crippen LogP contribution in [0.25, 0.3) is 0 Å². The van der Waals surface area contributed by atoms with Crippen molar-refractivity contribution in [2.45, 2.75) is 19.3 Å². The lowest BCUT2D eigenvalue weighted by Gasteiger charge is -2.26. The molecule has 0 spiro atoms. The van der Waals surface area contributed by atoms with Gasteiger partial charge in [-0.1, -0.05) is 6.42 Å². The summed E-state index contributed by atoms with van der Waals surface area (Å²) in [6.07, 6.45) is 7.55. The molecule has 0 saturated carbocycles. The van der Waals surface area contributed by atoms with Crippen LogP contribution in [0, 0.1) is 0 Å². The lowest BCUT2D eigenvalue weighted by Crippen LogP contribution is -2.33. The fourth-order valence-corrected chi connectivity index (χ4v) is 2.10. The molecule has 94 valence electrons. The number of hydrogen-bond acceptors (Lipinski definition) is 5. The van der Waals surface area contributed by atoms with Crippen molar-refractivity contribution in [2.24, 2.45) is 0 Å². The van der Waals surface area contributed by atoms with Gasteiger partial charge in [0, 0.05) is 20.1 Å². The zero-order valence-electron chi connectivity index (χ0n) is 10.4. The molecule has 17 heavy (non-hydrogen) atoms. The zero-order chi connectivity index (χ0) is 11.9. The van der Waals surface area contributed by atoms with E-state index < -0.39 is 0 Å². The van der Waals surface area contributed by atoms with Gasteiger partial charge in [0.2, 0.25) is 0 Å². The monoisotopic (exact) mass is 235 g/mol. The Balaban J connectivity index is 1.73. The largest absolute Gasteiger partial charge is 0.372 e. The predicted octanol–water partition coefficient (Wildman–Crippen LogP) is 1.42. The van der Waals surface area contributed by atoms with Gasteiger partial charge < -0.3 is 15.5 Å². The smallest absolute Gasteiger partial charge is 0.147 e. The predicted molar refractivity (Wildman–Crippen MR) is 70.4 cm³/mol. The molecule has 0 atom stereocenters. The Kier molecular flexibility index (Phi) is 4.55. The molecule has 0 amide bonds. The molecule has 0 radical (unpaired) electrons. The van der Waals surface area contributed by atoms with E-state index in [0.29, 0.717) is 0 Å². The van der Waals surface area contributed by atoms with Gasteiger partial charge in [0.05, 0.1) is 12.4 Å². The second kappa shape index (κ2) is 6.39. The van der Waals surface area contributed by atoms with Crippen LogP contribution in [0.3, 0.4) is 0 Å². The van der Waals surface area contributed by atoms with Crippen molar-refractivity contribution in [3.8, 4) is 0 Å². The van der Waals surface area contributed by atoms with Gasteiger partial charge in [0.15, 0.2) is 0 Å². The van der Waals surface area contributed by atoms with Gasteiger partial charge in [-0.3, -0.25) is 4.98 Å². The number of nitrogens with one attached hydrogen (secondary N) is 2. The van der Waals surface area contributed by atoms with Gasteiger partial charge in [-0.2, -0.15) is 0 Å². The first-order chi connectivity index (χ1) is 8.38. The van der Waals surface area contributed by atoms with Crippen LogP contribution in [-0.2, 0) is 0 Å². The SMILES string of the molecule is CNc1cncc(NCCN2CCCCC2)n1. The van der Waals surface area contributed by atoms with Gasteiger partial charge in [-0.05, 0) is 25.9 Å². The summed E-state index contributed by atoms with van der Waals surface area (Å²) in [6, 6.07) is 0.